The summed E-state index contributed by atoms with van der Waals surface area (Å²) in [6.45, 7) is 5.17. The fourth-order valence-corrected chi connectivity index (χ4v) is 4.28. The van der Waals surface area contributed by atoms with Gasteiger partial charge in [-0.05, 0) is 56.4 Å². The largest absolute Gasteiger partial charge is 0.391 e. The molecule has 45 heavy (non-hydrogen) atoms. The Hall–Kier alpha value is -5.28. The number of likely N-dealkylation sites (N-methyl/N-ethyl adjacent to an activating group) is 1. The van der Waals surface area contributed by atoms with Crippen LogP contribution in [0.1, 0.15) is 51.8 Å². The molecule has 3 aromatic rings. The number of nitrogens with one attached hydrogen (secondary N) is 3. The first-order chi connectivity index (χ1) is 21.4. The predicted octanol–water partition coefficient (Wildman–Crippen LogP) is 2.20. The van der Waals surface area contributed by atoms with E-state index in [1.54, 1.807) is 33.2 Å². The third-order valence-corrected chi connectivity index (χ3v) is 6.90. The highest BCUT2D eigenvalue weighted by atomic mass is 16.5. The van der Waals surface area contributed by atoms with Crippen LogP contribution >= 0.6 is 0 Å². The van der Waals surface area contributed by atoms with Crippen molar-refractivity contribution < 1.29 is 28.8 Å². The van der Waals surface area contributed by atoms with Gasteiger partial charge in [-0.2, -0.15) is 5.26 Å². The van der Waals surface area contributed by atoms with Crippen molar-refractivity contribution in [3.8, 4) is 6.07 Å². The molecule has 12 heteroatoms. The second-order valence-electron chi connectivity index (χ2n) is 10.9. The molecule has 12 nitrogen and oxygen atoms in total. The van der Waals surface area contributed by atoms with E-state index in [1.165, 1.54) is 24.0 Å². The average molecular weight is 615 g/mol. The second kappa shape index (κ2) is 16.0. The summed E-state index contributed by atoms with van der Waals surface area (Å²) in [4.78, 5) is 52.8. The lowest BCUT2D eigenvalue weighted by molar-refractivity contribution is -0.131. The van der Waals surface area contributed by atoms with Crippen LogP contribution < -0.4 is 16.0 Å². The molecule has 3 atom stereocenters. The molecule has 3 rings (SSSR count). The third-order valence-electron chi connectivity index (χ3n) is 6.90. The third kappa shape index (κ3) is 10.1. The van der Waals surface area contributed by atoms with Crippen molar-refractivity contribution >= 4 is 29.7 Å². The molecule has 236 valence electrons. The smallest absolute Gasteiger partial charge is 0.274 e. The lowest BCUT2D eigenvalue weighted by Gasteiger charge is -2.24. The summed E-state index contributed by atoms with van der Waals surface area (Å²) in [6.07, 6.45) is 0.806. The first kappa shape index (κ1) is 34.2. The molecule has 0 saturated heterocycles. The maximum Gasteiger partial charge on any atom is 0.274 e. The van der Waals surface area contributed by atoms with Gasteiger partial charge in [-0.1, -0.05) is 59.3 Å². The fraction of sp³-hybridized carbons (Fsp3) is 0.333. The number of aliphatic hydroxyl groups is 1. The fourth-order valence-electron chi connectivity index (χ4n) is 4.28. The first-order valence-electron chi connectivity index (χ1n) is 14.4. The van der Waals surface area contributed by atoms with E-state index in [0.29, 0.717) is 17.7 Å². The Morgan fingerprint density at radius 3 is 2.20 bits per heavy atom. The van der Waals surface area contributed by atoms with Gasteiger partial charge in [-0.25, -0.2) is 0 Å². The number of hydrogen-bond donors (Lipinski definition) is 4. The minimum atomic E-state index is -1.37. The van der Waals surface area contributed by atoms with Crippen LogP contribution in [-0.4, -0.2) is 71.1 Å². The molecule has 1 aromatic heterocycles. The van der Waals surface area contributed by atoms with Crippen molar-refractivity contribution in [3.63, 3.8) is 0 Å². The zero-order chi connectivity index (χ0) is 33.1. The highest BCUT2D eigenvalue weighted by molar-refractivity contribution is 6.01. The molecule has 4 N–H and O–H groups in total. The molecule has 1 heterocycles. The molecule has 0 aliphatic rings. The van der Waals surface area contributed by atoms with Crippen molar-refractivity contribution in [1.82, 2.24) is 26.0 Å². The summed E-state index contributed by atoms with van der Waals surface area (Å²) in [6, 6.07) is 15.7. The number of nitriles is 1. The molecule has 4 amide bonds. The SMILES string of the molecule is Cc1ccc(CNC(=O)C(CCc2ccc(C=C(C#N)C(=O)N(C)C)cc2)NC(=O)C(NC(=O)c2cc(C)on2)C(C)O)cc1. The van der Waals surface area contributed by atoms with Gasteiger partial charge in [0.25, 0.3) is 11.8 Å². The van der Waals surface area contributed by atoms with E-state index in [-0.39, 0.29) is 24.2 Å². The number of hydrogen-bond acceptors (Lipinski definition) is 8. The molecular formula is C33H38N6O6. The summed E-state index contributed by atoms with van der Waals surface area (Å²) >= 11 is 0. The normalized spacial score (nSPS) is 13.1. The second-order valence-corrected chi connectivity index (χ2v) is 10.9. The van der Waals surface area contributed by atoms with E-state index in [9.17, 15) is 29.5 Å². The number of rotatable bonds is 13. The van der Waals surface area contributed by atoms with Crippen molar-refractivity contribution in [2.24, 2.45) is 0 Å². The van der Waals surface area contributed by atoms with Crippen LogP contribution in [-0.2, 0) is 27.3 Å². The van der Waals surface area contributed by atoms with Crippen LogP contribution in [0.5, 0.6) is 0 Å². The van der Waals surface area contributed by atoms with Gasteiger partial charge in [0.05, 0.1) is 6.10 Å². The minimum Gasteiger partial charge on any atom is -0.391 e. The molecule has 0 bridgehead atoms. The van der Waals surface area contributed by atoms with Crippen LogP contribution in [0.4, 0.5) is 0 Å². The molecule has 0 saturated carbocycles. The van der Waals surface area contributed by atoms with Crippen LogP contribution in [0.15, 0.2) is 64.7 Å². The monoisotopic (exact) mass is 614 g/mol. The Labute approximate surface area is 262 Å². The Morgan fingerprint density at radius 1 is 1.00 bits per heavy atom. The topological polar surface area (TPSA) is 178 Å². The zero-order valence-electron chi connectivity index (χ0n) is 26.0. The van der Waals surface area contributed by atoms with E-state index in [0.717, 1.165) is 16.7 Å². The standard InChI is InChI=1S/C33H38N6O6/c1-20-6-8-25(9-7-20)19-35-30(41)27(36-32(43)29(22(3)40)37-31(42)28-16-21(2)45-38-28)15-14-23-10-12-24(13-11-23)17-26(18-34)33(44)39(4)5/h6-13,16-17,22,27,29,40H,14-15,19H2,1-5H3,(H,35,41)(H,36,43)(H,37,42). The zero-order valence-corrected chi connectivity index (χ0v) is 26.0. The van der Waals surface area contributed by atoms with Crippen LogP contribution in [0.2, 0.25) is 0 Å². The number of carbonyl (C=O) groups excluding carboxylic acids is 4. The maximum absolute atomic E-state index is 13.3. The summed E-state index contributed by atoms with van der Waals surface area (Å²) < 4.78 is 4.92. The summed E-state index contributed by atoms with van der Waals surface area (Å²) in [5.74, 6) is -1.90. The quantitative estimate of drug-likeness (QED) is 0.167. The first-order valence-corrected chi connectivity index (χ1v) is 14.4. The molecule has 0 aliphatic carbocycles. The van der Waals surface area contributed by atoms with Gasteiger partial charge in [0, 0.05) is 26.7 Å². The van der Waals surface area contributed by atoms with Crippen LogP contribution in [0, 0.1) is 25.2 Å². The highest BCUT2D eigenvalue weighted by Gasteiger charge is 2.30. The molecule has 0 spiro atoms. The lowest BCUT2D eigenvalue weighted by Crippen LogP contribution is -2.57. The average Bonchev–Trinajstić information content (AvgIpc) is 3.46. The number of nitrogens with zero attached hydrogens (tertiary/aromatic N) is 3. The molecule has 2 aromatic carbocycles. The van der Waals surface area contributed by atoms with Gasteiger partial charge < -0.3 is 30.5 Å². The van der Waals surface area contributed by atoms with Crippen molar-refractivity contribution in [3.05, 3.63) is 93.9 Å². The van der Waals surface area contributed by atoms with Crippen molar-refractivity contribution in [2.45, 2.75) is 58.3 Å². The number of benzene rings is 2. The Balaban J connectivity index is 1.75. The number of carbonyl (C=O) groups is 4. The number of aryl methyl sites for hydroxylation is 3. The molecule has 0 fully saturated rings. The van der Waals surface area contributed by atoms with Gasteiger partial charge in [-0.15, -0.1) is 0 Å². The molecule has 0 aliphatic heterocycles. The number of aliphatic hydroxyl groups excluding tert-OH is 1. The number of amides is 4. The van der Waals surface area contributed by atoms with E-state index in [4.69, 9.17) is 4.52 Å². The molecule has 0 radical (unpaired) electrons. The van der Waals surface area contributed by atoms with Crippen molar-refractivity contribution in [2.75, 3.05) is 14.1 Å². The van der Waals surface area contributed by atoms with Crippen LogP contribution in [0.3, 0.4) is 0 Å². The van der Waals surface area contributed by atoms with Gasteiger partial charge >= 0.3 is 0 Å². The van der Waals surface area contributed by atoms with Crippen molar-refractivity contribution in [1.29, 1.82) is 5.26 Å². The van der Waals surface area contributed by atoms with Gasteiger partial charge in [0.1, 0.15) is 29.5 Å². The number of aromatic nitrogens is 1. The van der Waals surface area contributed by atoms with Gasteiger partial charge in [-0.3, -0.25) is 19.2 Å². The van der Waals surface area contributed by atoms with E-state index < -0.39 is 41.8 Å². The maximum atomic E-state index is 13.3. The highest BCUT2D eigenvalue weighted by Crippen LogP contribution is 2.13. The van der Waals surface area contributed by atoms with Gasteiger partial charge in [0.2, 0.25) is 11.8 Å². The van der Waals surface area contributed by atoms with Gasteiger partial charge in [0.15, 0.2) is 5.69 Å². The van der Waals surface area contributed by atoms with E-state index >= 15 is 0 Å². The van der Waals surface area contributed by atoms with E-state index in [2.05, 4.69) is 21.1 Å². The Bertz CT molecular complexity index is 1570. The summed E-state index contributed by atoms with van der Waals surface area (Å²) in [5.41, 5.74) is 3.41. The Kier molecular flexibility index (Phi) is 12.1. The summed E-state index contributed by atoms with van der Waals surface area (Å²) in [7, 11) is 3.13. The lowest BCUT2D eigenvalue weighted by atomic mass is 10.0. The summed E-state index contributed by atoms with van der Waals surface area (Å²) in [5, 5.41) is 31.3. The minimum absolute atomic E-state index is 0.000725. The predicted molar refractivity (Wildman–Crippen MR) is 166 cm³/mol. The molecular weight excluding hydrogens is 576 g/mol. The van der Waals surface area contributed by atoms with E-state index in [1.807, 2.05) is 49.4 Å². The van der Waals surface area contributed by atoms with Crippen LogP contribution in [0.25, 0.3) is 6.08 Å². The molecule has 3 unspecified atom stereocenters. The Morgan fingerprint density at radius 2 is 1.64 bits per heavy atom.